The van der Waals surface area contributed by atoms with E-state index in [1.54, 1.807) is 18.2 Å². The Morgan fingerprint density at radius 3 is 2.40 bits per heavy atom. The first-order valence-electron chi connectivity index (χ1n) is 10.6. The Morgan fingerprint density at radius 2 is 1.83 bits per heavy atom. The molecule has 0 saturated heterocycles. The number of nitro groups is 1. The number of nitrogens with one attached hydrogen (secondary N) is 1. The summed E-state index contributed by atoms with van der Waals surface area (Å²) >= 11 is 12.1. The molecule has 0 fully saturated rings. The molecule has 0 radical (unpaired) electrons. The number of carbonyl (C=O) groups excluding carboxylic acids is 2. The Morgan fingerprint density at radius 1 is 1.14 bits per heavy atom. The molecule has 0 aliphatic heterocycles. The number of benzene rings is 2. The lowest BCUT2D eigenvalue weighted by atomic mass is 10.1. The maximum atomic E-state index is 13.4. The number of carbonyl (C=O) groups is 2. The van der Waals surface area contributed by atoms with Crippen molar-refractivity contribution < 1.29 is 22.9 Å². The van der Waals surface area contributed by atoms with Gasteiger partial charge >= 0.3 is 0 Å². The number of sulfonamides is 1. The molecule has 1 unspecified atom stereocenters. The Kier molecular flexibility index (Phi) is 9.87. The van der Waals surface area contributed by atoms with Gasteiger partial charge < -0.3 is 10.2 Å². The zero-order valence-corrected chi connectivity index (χ0v) is 21.7. The number of anilines is 1. The maximum absolute atomic E-state index is 13.4. The lowest BCUT2D eigenvalue weighted by Crippen LogP contribution is -2.51. The van der Waals surface area contributed by atoms with Crippen LogP contribution in [0.15, 0.2) is 42.5 Å². The second-order valence-electron chi connectivity index (χ2n) is 7.78. The van der Waals surface area contributed by atoms with Crippen LogP contribution in [0, 0.1) is 10.1 Å². The minimum atomic E-state index is -4.01. The van der Waals surface area contributed by atoms with Gasteiger partial charge in [0.1, 0.15) is 12.6 Å². The molecular weight excluding hydrogens is 519 g/mol. The van der Waals surface area contributed by atoms with Crippen LogP contribution in [0.25, 0.3) is 0 Å². The first-order valence-corrected chi connectivity index (χ1v) is 13.2. The molecule has 13 heteroatoms. The molecule has 2 aromatic rings. The summed E-state index contributed by atoms with van der Waals surface area (Å²) in [7, 11) is -4.01. The van der Waals surface area contributed by atoms with E-state index in [-0.39, 0.29) is 22.9 Å². The topological polar surface area (TPSA) is 130 Å². The molecule has 0 aliphatic carbocycles. The number of nitrogens with zero attached hydrogens (tertiary/aromatic N) is 3. The second kappa shape index (κ2) is 12.2. The van der Waals surface area contributed by atoms with E-state index in [9.17, 15) is 28.1 Å². The van der Waals surface area contributed by atoms with Gasteiger partial charge in [-0.05, 0) is 37.1 Å². The molecule has 2 aromatic carbocycles. The molecule has 10 nitrogen and oxygen atoms in total. The quantitative estimate of drug-likeness (QED) is 0.339. The molecule has 0 aliphatic rings. The average Bonchev–Trinajstić information content (AvgIpc) is 2.80. The lowest BCUT2D eigenvalue weighted by molar-refractivity contribution is -0.384. The van der Waals surface area contributed by atoms with Crippen molar-refractivity contribution in [3.05, 3.63) is 68.2 Å². The monoisotopic (exact) mass is 544 g/mol. The normalized spacial score (nSPS) is 12.0. The van der Waals surface area contributed by atoms with E-state index in [4.69, 9.17) is 23.2 Å². The molecule has 0 saturated carbocycles. The van der Waals surface area contributed by atoms with Crippen molar-refractivity contribution in [3.63, 3.8) is 0 Å². The van der Waals surface area contributed by atoms with E-state index in [1.165, 1.54) is 30.0 Å². The predicted molar refractivity (Wildman–Crippen MR) is 135 cm³/mol. The predicted octanol–water partition coefficient (Wildman–Crippen LogP) is 3.61. The van der Waals surface area contributed by atoms with Gasteiger partial charge in [-0.2, -0.15) is 0 Å². The zero-order chi connectivity index (χ0) is 26.3. The third-order valence-corrected chi connectivity index (χ3v) is 6.94. The highest BCUT2D eigenvalue weighted by Gasteiger charge is 2.30. The summed E-state index contributed by atoms with van der Waals surface area (Å²) in [4.78, 5) is 37.8. The number of halogens is 2. The number of hydrogen-bond donors (Lipinski definition) is 1. The van der Waals surface area contributed by atoms with Gasteiger partial charge in [0.25, 0.3) is 5.69 Å². The van der Waals surface area contributed by atoms with Crippen LogP contribution in [-0.2, 0) is 26.2 Å². The average molecular weight is 545 g/mol. The molecular formula is C22H26Cl2N4O6S. The van der Waals surface area contributed by atoms with Crippen molar-refractivity contribution in [2.45, 2.75) is 32.9 Å². The van der Waals surface area contributed by atoms with Gasteiger partial charge in [-0.3, -0.25) is 24.0 Å². The SMILES string of the molecule is CCCNC(=O)C(C)N(Cc1ccc(Cl)c(Cl)c1)C(=O)CN(c1cccc([N+](=O)[O-])c1)S(C)(=O)=O. The first-order chi connectivity index (χ1) is 16.3. The molecule has 0 bridgehead atoms. The van der Waals surface area contributed by atoms with E-state index < -0.39 is 39.3 Å². The van der Waals surface area contributed by atoms with Gasteiger partial charge in [0, 0.05) is 25.2 Å². The van der Waals surface area contributed by atoms with E-state index in [0.717, 1.165) is 16.6 Å². The van der Waals surface area contributed by atoms with Crippen LogP contribution in [0.4, 0.5) is 11.4 Å². The summed E-state index contributed by atoms with van der Waals surface area (Å²) in [5.41, 5.74) is 0.195. The Balaban J connectivity index is 2.43. The van der Waals surface area contributed by atoms with E-state index in [2.05, 4.69) is 5.32 Å². The van der Waals surface area contributed by atoms with Crippen LogP contribution >= 0.6 is 23.2 Å². The molecule has 1 N–H and O–H groups in total. The zero-order valence-electron chi connectivity index (χ0n) is 19.4. The van der Waals surface area contributed by atoms with E-state index in [0.29, 0.717) is 23.6 Å². The highest BCUT2D eigenvalue weighted by molar-refractivity contribution is 7.92. The summed E-state index contributed by atoms with van der Waals surface area (Å²) in [5, 5.41) is 14.5. The summed E-state index contributed by atoms with van der Waals surface area (Å²) in [6, 6.07) is 8.74. The fourth-order valence-electron chi connectivity index (χ4n) is 3.19. The highest BCUT2D eigenvalue weighted by atomic mass is 35.5. The molecule has 0 aromatic heterocycles. The molecule has 0 heterocycles. The third kappa shape index (κ3) is 7.81. The van der Waals surface area contributed by atoms with Gasteiger partial charge in [-0.25, -0.2) is 8.42 Å². The van der Waals surface area contributed by atoms with Gasteiger partial charge in [-0.1, -0.05) is 42.3 Å². The Labute approximate surface area is 214 Å². The van der Waals surface area contributed by atoms with Crippen molar-refractivity contribution >= 4 is 56.4 Å². The summed E-state index contributed by atoms with van der Waals surface area (Å²) in [6.07, 6.45) is 1.58. The van der Waals surface area contributed by atoms with Gasteiger partial charge in [0.2, 0.25) is 21.8 Å². The first kappa shape index (κ1) is 28.3. The summed E-state index contributed by atoms with van der Waals surface area (Å²) in [5.74, 6) is -1.10. The van der Waals surface area contributed by atoms with Crippen molar-refractivity contribution in [1.82, 2.24) is 10.2 Å². The minimum absolute atomic E-state index is 0.0485. The number of hydrogen-bond acceptors (Lipinski definition) is 6. The molecule has 0 spiro atoms. The summed E-state index contributed by atoms with van der Waals surface area (Å²) in [6.45, 7) is 3.09. The van der Waals surface area contributed by atoms with Crippen LogP contribution in [0.1, 0.15) is 25.8 Å². The fraction of sp³-hybridized carbons (Fsp3) is 0.364. The largest absolute Gasteiger partial charge is 0.354 e. The number of amides is 2. The number of nitro benzene ring substituents is 1. The lowest BCUT2D eigenvalue weighted by Gasteiger charge is -2.31. The number of rotatable bonds is 11. The third-order valence-electron chi connectivity index (χ3n) is 5.06. The smallest absolute Gasteiger partial charge is 0.271 e. The van der Waals surface area contributed by atoms with Gasteiger partial charge in [-0.15, -0.1) is 0 Å². The Bertz CT molecular complexity index is 1210. The molecule has 190 valence electrons. The van der Waals surface area contributed by atoms with E-state index in [1.807, 2.05) is 6.92 Å². The van der Waals surface area contributed by atoms with Crippen LogP contribution in [0.5, 0.6) is 0 Å². The van der Waals surface area contributed by atoms with Crippen molar-refractivity contribution in [1.29, 1.82) is 0 Å². The van der Waals surface area contributed by atoms with Crippen LogP contribution in [-0.4, -0.2) is 55.4 Å². The van der Waals surface area contributed by atoms with Crippen molar-refractivity contribution in [2.75, 3.05) is 23.7 Å². The van der Waals surface area contributed by atoms with E-state index >= 15 is 0 Å². The van der Waals surface area contributed by atoms with Crippen molar-refractivity contribution in [2.24, 2.45) is 0 Å². The molecule has 1 atom stereocenters. The Hall–Kier alpha value is -2.89. The van der Waals surface area contributed by atoms with Crippen LogP contribution < -0.4 is 9.62 Å². The minimum Gasteiger partial charge on any atom is -0.354 e. The van der Waals surface area contributed by atoms with Crippen molar-refractivity contribution in [3.8, 4) is 0 Å². The second-order valence-corrected chi connectivity index (χ2v) is 10.5. The molecule has 2 amide bonds. The van der Waals surface area contributed by atoms with Gasteiger partial charge in [0.15, 0.2) is 0 Å². The maximum Gasteiger partial charge on any atom is 0.271 e. The molecule has 35 heavy (non-hydrogen) atoms. The van der Waals surface area contributed by atoms with Crippen LogP contribution in [0.2, 0.25) is 10.0 Å². The van der Waals surface area contributed by atoms with Crippen LogP contribution in [0.3, 0.4) is 0 Å². The number of non-ortho nitro benzene ring substituents is 1. The highest BCUT2D eigenvalue weighted by Crippen LogP contribution is 2.25. The standard InChI is InChI=1S/C22H26Cl2N4O6S/c1-4-10-25-22(30)15(2)26(13-16-8-9-19(23)20(24)11-16)21(29)14-27(35(3,33)34)17-6-5-7-18(12-17)28(31)32/h5-9,11-12,15H,4,10,13-14H2,1-3H3,(H,25,30). The fourth-order valence-corrected chi connectivity index (χ4v) is 4.35. The molecule has 2 rings (SSSR count). The summed E-state index contributed by atoms with van der Waals surface area (Å²) < 4.78 is 25.8. The van der Waals surface area contributed by atoms with Gasteiger partial charge in [0.05, 0.1) is 26.9 Å².